The molecule has 2 heterocycles. The normalized spacial score (nSPS) is 22.5. The summed E-state index contributed by atoms with van der Waals surface area (Å²) in [5.41, 5.74) is -0.522. The van der Waals surface area contributed by atoms with Gasteiger partial charge in [-0.3, -0.25) is 9.59 Å². The zero-order valence-corrected chi connectivity index (χ0v) is 17.9. The predicted molar refractivity (Wildman–Crippen MR) is 115 cm³/mol. The lowest BCUT2D eigenvalue weighted by Crippen LogP contribution is -2.61. The molecule has 0 bridgehead atoms. The summed E-state index contributed by atoms with van der Waals surface area (Å²) in [4.78, 5) is 39.3. The SMILES string of the molecule is O=C(Nc1ccccc1C(F)(F)F)N[C@H]1C[C@H]2C(=O)N[C@@H](Cc3ccc(Cl)cc3)C(=O)N2C1. The maximum absolute atomic E-state index is 13.1. The Bertz CT molecular complexity index is 1080. The van der Waals surface area contributed by atoms with Gasteiger partial charge >= 0.3 is 12.2 Å². The van der Waals surface area contributed by atoms with Crippen molar-refractivity contribution in [1.82, 2.24) is 15.5 Å². The molecule has 3 N–H and O–H groups in total. The standard InChI is InChI=1S/C22H20ClF3N4O3/c23-13-7-5-12(6-8-13)9-17-20(32)30-11-14(10-18(30)19(31)28-17)27-21(33)29-16-4-2-1-3-15(16)22(24,25)26/h1-8,14,17-18H,9-11H2,(H,28,31)(H2,27,29,33)/t14-,17-,18-/m0/s1. The van der Waals surface area contributed by atoms with Crippen molar-refractivity contribution in [2.75, 3.05) is 11.9 Å². The predicted octanol–water partition coefficient (Wildman–Crippen LogP) is 3.19. The van der Waals surface area contributed by atoms with Crippen LogP contribution >= 0.6 is 11.6 Å². The van der Waals surface area contributed by atoms with E-state index in [1.807, 2.05) is 0 Å². The lowest BCUT2D eigenvalue weighted by atomic mass is 10.0. The van der Waals surface area contributed by atoms with Crippen molar-refractivity contribution in [3.8, 4) is 0 Å². The zero-order valence-electron chi connectivity index (χ0n) is 17.2. The summed E-state index contributed by atoms with van der Waals surface area (Å²) in [7, 11) is 0. The van der Waals surface area contributed by atoms with Gasteiger partial charge in [0.1, 0.15) is 12.1 Å². The minimum atomic E-state index is -4.62. The highest BCUT2D eigenvalue weighted by Gasteiger charge is 2.46. The maximum Gasteiger partial charge on any atom is 0.418 e. The maximum atomic E-state index is 13.1. The van der Waals surface area contributed by atoms with Crippen molar-refractivity contribution in [2.45, 2.75) is 37.1 Å². The molecule has 2 fully saturated rings. The van der Waals surface area contributed by atoms with Gasteiger partial charge in [0.25, 0.3) is 0 Å². The first-order valence-electron chi connectivity index (χ1n) is 10.2. The van der Waals surface area contributed by atoms with Gasteiger partial charge in [-0.1, -0.05) is 35.9 Å². The summed E-state index contributed by atoms with van der Waals surface area (Å²) < 4.78 is 39.4. The number of hydrogen-bond donors (Lipinski definition) is 3. The number of alkyl halides is 3. The molecule has 7 nitrogen and oxygen atoms in total. The first-order chi connectivity index (χ1) is 15.6. The average molecular weight is 481 g/mol. The van der Waals surface area contributed by atoms with E-state index < -0.39 is 35.9 Å². The number of nitrogens with one attached hydrogen (secondary N) is 3. The van der Waals surface area contributed by atoms with Crippen LogP contribution in [-0.4, -0.2) is 47.4 Å². The molecule has 0 aliphatic carbocycles. The quantitative estimate of drug-likeness (QED) is 0.628. The fraction of sp³-hybridized carbons (Fsp3) is 0.318. The molecule has 4 amide bonds. The van der Waals surface area contributed by atoms with Gasteiger partial charge in [-0.2, -0.15) is 13.2 Å². The largest absolute Gasteiger partial charge is 0.418 e. The Labute approximate surface area is 192 Å². The van der Waals surface area contributed by atoms with Crippen LogP contribution in [0.15, 0.2) is 48.5 Å². The van der Waals surface area contributed by atoms with Crippen molar-refractivity contribution in [2.24, 2.45) is 0 Å². The Morgan fingerprint density at radius 2 is 1.82 bits per heavy atom. The number of nitrogens with zero attached hydrogens (tertiary/aromatic N) is 1. The number of carbonyl (C=O) groups excluding carboxylic acids is 3. The second kappa shape index (κ2) is 8.93. The van der Waals surface area contributed by atoms with Crippen LogP contribution in [0.1, 0.15) is 17.5 Å². The Morgan fingerprint density at radius 1 is 1.12 bits per heavy atom. The van der Waals surface area contributed by atoms with Gasteiger partial charge in [0.2, 0.25) is 11.8 Å². The molecule has 4 rings (SSSR count). The molecule has 2 saturated heterocycles. The molecule has 2 aromatic carbocycles. The molecule has 0 unspecified atom stereocenters. The summed E-state index contributed by atoms with van der Waals surface area (Å²) >= 11 is 5.88. The van der Waals surface area contributed by atoms with Gasteiger partial charge in [0.15, 0.2) is 0 Å². The number of anilines is 1. The fourth-order valence-electron chi connectivity index (χ4n) is 4.14. The number of rotatable bonds is 4. The van der Waals surface area contributed by atoms with E-state index in [0.717, 1.165) is 17.7 Å². The number of fused-ring (bicyclic) bond motifs is 1. The molecule has 2 aliphatic rings. The minimum absolute atomic E-state index is 0.0857. The summed E-state index contributed by atoms with van der Waals surface area (Å²) in [5, 5.41) is 8.06. The molecule has 0 radical (unpaired) electrons. The molecule has 2 aromatic rings. The third-order valence-electron chi connectivity index (χ3n) is 5.67. The van der Waals surface area contributed by atoms with Crippen molar-refractivity contribution in [3.63, 3.8) is 0 Å². The summed E-state index contributed by atoms with van der Waals surface area (Å²) in [5.74, 6) is -0.609. The number of urea groups is 1. The van der Waals surface area contributed by atoms with Gasteiger partial charge in [0, 0.05) is 18.0 Å². The molecular formula is C22H20ClF3N4O3. The van der Waals surface area contributed by atoms with E-state index in [-0.39, 0.29) is 36.9 Å². The van der Waals surface area contributed by atoms with Gasteiger partial charge < -0.3 is 20.9 Å². The zero-order chi connectivity index (χ0) is 23.8. The Hall–Kier alpha value is -3.27. The first-order valence-corrected chi connectivity index (χ1v) is 10.6. The van der Waals surface area contributed by atoms with E-state index in [4.69, 9.17) is 11.6 Å². The molecule has 2 aliphatic heterocycles. The van der Waals surface area contributed by atoms with E-state index in [9.17, 15) is 27.6 Å². The molecule has 3 atom stereocenters. The molecular weight excluding hydrogens is 461 g/mol. The van der Waals surface area contributed by atoms with E-state index in [0.29, 0.717) is 5.02 Å². The molecule has 0 saturated carbocycles. The van der Waals surface area contributed by atoms with Crippen LogP contribution in [0.4, 0.5) is 23.7 Å². The third-order valence-corrected chi connectivity index (χ3v) is 5.92. The van der Waals surface area contributed by atoms with Crippen LogP contribution in [0.3, 0.4) is 0 Å². The van der Waals surface area contributed by atoms with E-state index >= 15 is 0 Å². The summed E-state index contributed by atoms with van der Waals surface area (Å²) in [6, 6.07) is 8.63. The topological polar surface area (TPSA) is 90.5 Å². The highest BCUT2D eigenvalue weighted by molar-refractivity contribution is 6.30. The van der Waals surface area contributed by atoms with Crippen LogP contribution in [-0.2, 0) is 22.2 Å². The van der Waals surface area contributed by atoms with Crippen LogP contribution in [0.2, 0.25) is 5.02 Å². The van der Waals surface area contributed by atoms with E-state index in [1.165, 1.54) is 17.0 Å². The summed E-state index contributed by atoms with van der Waals surface area (Å²) in [6.45, 7) is 0.0857. The fourth-order valence-corrected chi connectivity index (χ4v) is 4.27. The Balaban J connectivity index is 1.39. The number of para-hydroxylation sites is 1. The van der Waals surface area contributed by atoms with Crippen LogP contribution in [0, 0.1) is 0 Å². The third kappa shape index (κ3) is 5.05. The smallest absolute Gasteiger partial charge is 0.342 e. The van der Waals surface area contributed by atoms with Gasteiger partial charge in [-0.05, 0) is 36.2 Å². The van der Waals surface area contributed by atoms with Crippen LogP contribution in [0.25, 0.3) is 0 Å². The number of amides is 4. The number of hydrogen-bond acceptors (Lipinski definition) is 3. The molecule has 0 aromatic heterocycles. The van der Waals surface area contributed by atoms with Crippen molar-refractivity contribution in [3.05, 3.63) is 64.7 Å². The molecule has 174 valence electrons. The lowest BCUT2D eigenvalue weighted by Gasteiger charge is -2.34. The van der Waals surface area contributed by atoms with E-state index in [2.05, 4.69) is 16.0 Å². The highest BCUT2D eigenvalue weighted by atomic mass is 35.5. The Morgan fingerprint density at radius 3 is 2.52 bits per heavy atom. The lowest BCUT2D eigenvalue weighted by molar-refractivity contribution is -0.147. The van der Waals surface area contributed by atoms with Crippen LogP contribution < -0.4 is 16.0 Å². The highest BCUT2D eigenvalue weighted by Crippen LogP contribution is 2.34. The van der Waals surface area contributed by atoms with Crippen LogP contribution in [0.5, 0.6) is 0 Å². The second-order valence-electron chi connectivity index (χ2n) is 7.97. The molecule has 11 heteroatoms. The monoisotopic (exact) mass is 480 g/mol. The van der Waals surface area contributed by atoms with E-state index in [1.54, 1.807) is 24.3 Å². The van der Waals surface area contributed by atoms with Gasteiger partial charge in [0.05, 0.1) is 17.3 Å². The number of benzene rings is 2. The molecule has 0 spiro atoms. The Kier molecular flexibility index (Phi) is 6.20. The molecule has 33 heavy (non-hydrogen) atoms. The summed E-state index contributed by atoms with van der Waals surface area (Å²) in [6.07, 6.45) is -4.17. The van der Waals surface area contributed by atoms with Crippen molar-refractivity contribution in [1.29, 1.82) is 0 Å². The van der Waals surface area contributed by atoms with Gasteiger partial charge in [-0.15, -0.1) is 0 Å². The van der Waals surface area contributed by atoms with Crippen molar-refractivity contribution < 1.29 is 27.6 Å². The number of halogens is 4. The minimum Gasteiger partial charge on any atom is -0.342 e. The van der Waals surface area contributed by atoms with Crippen molar-refractivity contribution >= 4 is 35.1 Å². The average Bonchev–Trinajstić information content (AvgIpc) is 3.17. The van der Waals surface area contributed by atoms with Gasteiger partial charge in [-0.25, -0.2) is 4.79 Å². The number of piperazine rings is 1. The second-order valence-corrected chi connectivity index (χ2v) is 8.41. The number of carbonyl (C=O) groups is 3. The first kappa shape index (κ1) is 22.9.